The first-order valence-electron chi connectivity index (χ1n) is 7.52. The Balaban J connectivity index is 1.81. The second-order valence-electron chi connectivity index (χ2n) is 5.81. The normalized spacial score (nSPS) is 17.9. The summed E-state index contributed by atoms with van der Waals surface area (Å²) in [6, 6.07) is 8.21. The lowest BCUT2D eigenvalue weighted by Crippen LogP contribution is -2.41. The Morgan fingerprint density at radius 2 is 2.29 bits per heavy atom. The molecule has 0 spiro atoms. The van der Waals surface area contributed by atoms with Gasteiger partial charge < -0.3 is 20.3 Å². The third-order valence-electron chi connectivity index (χ3n) is 3.68. The van der Waals surface area contributed by atoms with Gasteiger partial charge in [-0.1, -0.05) is 6.07 Å². The zero-order valence-corrected chi connectivity index (χ0v) is 13.1. The van der Waals surface area contributed by atoms with Gasteiger partial charge in [0.25, 0.3) is 0 Å². The molecule has 2 rings (SSSR count). The fourth-order valence-electron chi connectivity index (χ4n) is 2.59. The average molecular weight is 291 g/mol. The summed E-state index contributed by atoms with van der Waals surface area (Å²) >= 11 is 0. The third kappa shape index (κ3) is 4.55. The summed E-state index contributed by atoms with van der Waals surface area (Å²) in [6.07, 6.45) is 1.10. The average Bonchev–Trinajstić information content (AvgIpc) is 2.93. The SMILES string of the molecule is COc1cccc(N2CC[C@H](CNC(=O)NC(C)C)C2)c1. The number of nitrogens with zero attached hydrogens (tertiary/aromatic N) is 1. The van der Waals surface area contributed by atoms with Crippen LogP contribution in [0, 0.1) is 5.92 Å². The number of benzene rings is 1. The third-order valence-corrected chi connectivity index (χ3v) is 3.68. The van der Waals surface area contributed by atoms with Gasteiger partial charge in [-0.15, -0.1) is 0 Å². The van der Waals surface area contributed by atoms with E-state index in [9.17, 15) is 4.79 Å². The molecule has 2 amide bonds. The highest BCUT2D eigenvalue weighted by Crippen LogP contribution is 2.26. The monoisotopic (exact) mass is 291 g/mol. The van der Waals surface area contributed by atoms with Crippen LogP contribution in [0.1, 0.15) is 20.3 Å². The molecule has 21 heavy (non-hydrogen) atoms. The minimum Gasteiger partial charge on any atom is -0.497 e. The minimum atomic E-state index is -0.0789. The standard InChI is InChI=1S/C16H25N3O2/c1-12(2)18-16(20)17-10-13-7-8-19(11-13)14-5-4-6-15(9-14)21-3/h4-6,9,12-13H,7-8,10-11H2,1-3H3,(H2,17,18,20)/t13-/m1/s1. The number of carbonyl (C=O) groups excluding carboxylic acids is 1. The zero-order chi connectivity index (χ0) is 15.2. The fraction of sp³-hybridized carbons (Fsp3) is 0.562. The van der Waals surface area contributed by atoms with Crippen LogP contribution in [-0.2, 0) is 0 Å². The van der Waals surface area contributed by atoms with E-state index < -0.39 is 0 Å². The summed E-state index contributed by atoms with van der Waals surface area (Å²) in [6.45, 7) is 6.62. The van der Waals surface area contributed by atoms with E-state index in [0.717, 1.165) is 31.8 Å². The molecule has 1 aliphatic heterocycles. The van der Waals surface area contributed by atoms with Gasteiger partial charge in [-0.3, -0.25) is 0 Å². The molecule has 0 aliphatic carbocycles. The van der Waals surface area contributed by atoms with E-state index in [4.69, 9.17) is 4.74 Å². The van der Waals surface area contributed by atoms with Crippen molar-refractivity contribution in [3.05, 3.63) is 24.3 Å². The number of rotatable bonds is 5. The molecule has 1 heterocycles. The molecule has 0 aromatic heterocycles. The zero-order valence-electron chi connectivity index (χ0n) is 13.1. The van der Waals surface area contributed by atoms with Crippen LogP contribution in [0.3, 0.4) is 0 Å². The highest BCUT2D eigenvalue weighted by molar-refractivity contribution is 5.74. The molecule has 1 saturated heterocycles. The molecule has 5 heteroatoms. The van der Waals surface area contributed by atoms with Crippen LogP contribution in [-0.4, -0.2) is 38.8 Å². The number of anilines is 1. The molecule has 1 aliphatic rings. The lowest BCUT2D eigenvalue weighted by molar-refractivity contribution is 0.237. The second kappa shape index (κ2) is 7.20. The first-order valence-corrected chi connectivity index (χ1v) is 7.52. The first-order chi connectivity index (χ1) is 10.1. The Hall–Kier alpha value is -1.91. The van der Waals surface area contributed by atoms with Gasteiger partial charge in [-0.2, -0.15) is 0 Å². The Morgan fingerprint density at radius 1 is 1.48 bits per heavy atom. The van der Waals surface area contributed by atoms with Crippen molar-refractivity contribution in [3.8, 4) is 5.75 Å². The van der Waals surface area contributed by atoms with Crippen molar-refractivity contribution in [2.45, 2.75) is 26.3 Å². The van der Waals surface area contributed by atoms with Crippen LogP contribution >= 0.6 is 0 Å². The van der Waals surface area contributed by atoms with Gasteiger partial charge in [0.05, 0.1) is 7.11 Å². The largest absolute Gasteiger partial charge is 0.497 e. The van der Waals surface area contributed by atoms with Gasteiger partial charge in [0.1, 0.15) is 5.75 Å². The molecule has 1 aromatic carbocycles. The highest BCUT2D eigenvalue weighted by atomic mass is 16.5. The summed E-state index contributed by atoms with van der Waals surface area (Å²) in [4.78, 5) is 13.9. The first kappa shape index (κ1) is 15.5. The second-order valence-corrected chi connectivity index (χ2v) is 5.81. The van der Waals surface area contributed by atoms with E-state index in [1.807, 2.05) is 26.0 Å². The fourth-order valence-corrected chi connectivity index (χ4v) is 2.59. The van der Waals surface area contributed by atoms with Gasteiger partial charge >= 0.3 is 6.03 Å². The van der Waals surface area contributed by atoms with Crippen LogP contribution in [0.4, 0.5) is 10.5 Å². The van der Waals surface area contributed by atoms with Gasteiger partial charge in [0.15, 0.2) is 0 Å². The van der Waals surface area contributed by atoms with Crippen molar-refractivity contribution in [2.75, 3.05) is 31.6 Å². The topological polar surface area (TPSA) is 53.6 Å². The van der Waals surface area contributed by atoms with Crippen LogP contribution in [0.5, 0.6) is 5.75 Å². The smallest absolute Gasteiger partial charge is 0.314 e. The molecular formula is C16H25N3O2. The van der Waals surface area contributed by atoms with Gasteiger partial charge in [0.2, 0.25) is 0 Å². The van der Waals surface area contributed by atoms with Crippen LogP contribution in [0.2, 0.25) is 0 Å². The lowest BCUT2D eigenvalue weighted by Gasteiger charge is -2.19. The van der Waals surface area contributed by atoms with Gasteiger partial charge in [0, 0.05) is 37.4 Å². The quantitative estimate of drug-likeness (QED) is 0.874. The Morgan fingerprint density at radius 3 is 3.00 bits per heavy atom. The predicted molar refractivity (Wildman–Crippen MR) is 85.0 cm³/mol. The van der Waals surface area contributed by atoms with Gasteiger partial charge in [-0.25, -0.2) is 4.79 Å². The van der Waals surface area contributed by atoms with E-state index >= 15 is 0 Å². The number of nitrogens with one attached hydrogen (secondary N) is 2. The molecule has 0 radical (unpaired) electrons. The number of hydrogen-bond donors (Lipinski definition) is 2. The highest BCUT2D eigenvalue weighted by Gasteiger charge is 2.23. The maximum Gasteiger partial charge on any atom is 0.314 e. The van der Waals surface area contributed by atoms with Crippen molar-refractivity contribution >= 4 is 11.7 Å². The molecule has 2 N–H and O–H groups in total. The van der Waals surface area contributed by atoms with Crippen molar-refractivity contribution in [1.82, 2.24) is 10.6 Å². The Bertz CT molecular complexity index is 476. The molecule has 116 valence electrons. The number of hydrogen-bond acceptors (Lipinski definition) is 3. The molecular weight excluding hydrogens is 266 g/mol. The van der Waals surface area contributed by atoms with Crippen molar-refractivity contribution in [1.29, 1.82) is 0 Å². The van der Waals surface area contributed by atoms with Crippen LogP contribution < -0.4 is 20.3 Å². The number of ether oxygens (including phenoxy) is 1. The molecule has 5 nitrogen and oxygen atoms in total. The van der Waals surface area contributed by atoms with Crippen LogP contribution in [0.25, 0.3) is 0 Å². The van der Waals surface area contributed by atoms with Crippen molar-refractivity contribution < 1.29 is 9.53 Å². The Labute approximate surface area is 126 Å². The number of methoxy groups -OCH3 is 1. The van der Waals surface area contributed by atoms with E-state index in [1.165, 1.54) is 5.69 Å². The van der Waals surface area contributed by atoms with Gasteiger partial charge in [-0.05, 0) is 38.3 Å². The van der Waals surface area contributed by atoms with E-state index in [2.05, 4.69) is 27.7 Å². The Kier molecular flexibility index (Phi) is 5.31. The summed E-state index contributed by atoms with van der Waals surface area (Å²) in [5.41, 5.74) is 1.18. The molecule has 1 fully saturated rings. The molecule has 1 atom stereocenters. The van der Waals surface area contributed by atoms with Crippen molar-refractivity contribution in [3.63, 3.8) is 0 Å². The number of carbonyl (C=O) groups is 1. The van der Waals surface area contributed by atoms with E-state index in [1.54, 1.807) is 7.11 Å². The van der Waals surface area contributed by atoms with E-state index in [0.29, 0.717) is 5.92 Å². The molecule has 0 saturated carbocycles. The molecule has 0 bridgehead atoms. The summed E-state index contributed by atoms with van der Waals surface area (Å²) in [5.74, 6) is 1.37. The summed E-state index contributed by atoms with van der Waals surface area (Å²) in [7, 11) is 1.68. The lowest BCUT2D eigenvalue weighted by atomic mass is 10.1. The maximum atomic E-state index is 11.6. The summed E-state index contributed by atoms with van der Waals surface area (Å²) in [5, 5.41) is 5.79. The molecule has 0 unspecified atom stereocenters. The molecule has 1 aromatic rings. The van der Waals surface area contributed by atoms with Crippen molar-refractivity contribution in [2.24, 2.45) is 5.92 Å². The number of urea groups is 1. The predicted octanol–water partition coefficient (Wildman–Crippen LogP) is 2.23. The van der Waals surface area contributed by atoms with Crippen LogP contribution in [0.15, 0.2) is 24.3 Å². The maximum absolute atomic E-state index is 11.6. The van der Waals surface area contributed by atoms with E-state index in [-0.39, 0.29) is 12.1 Å². The number of amides is 2. The minimum absolute atomic E-state index is 0.0789. The summed E-state index contributed by atoms with van der Waals surface area (Å²) < 4.78 is 5.27.